The average molecular weight is 251 g/mol. The van der Waals surface area contributed by atoms with Gasteiger partial charge in [-0.15, -0.1) is 0 Å². The van der Waals surface area contributed by atoms with Gasteiger partial charge in [0.25, 0.3) is 5.91 Å². The molecule has 1 aromatic carbocycles. The molecule has 0 aliphatic heterocycles. The highest BCUT2D eigenvalue weighted by Gasteiger charge is 2.15. The Morgan fingerprint density at radius 2 is 2.00 bits per heavy atom. The number of benzene rings is 1. The minimum Gasteiger partial charge on any atom is -0.507 e. The molecule has 0 bridgehead atoms. The van der Waals surface area contributed by atoms with Crippen LogP contribution in [0.3, 0.4) is 0 Å². The number of phenols is 1. The van der Waals surface area contributed by atoms with E-state index in [2.05, 4.69) is 0 Å². The summed E-state index contributed by atoms with van der Waals surface area (Å²) in [6.45, 7) is 2.71. The van der Waals surface area contributed by atoms with Crippen LogP contribution in [-0.4, -0.2) is 41.2 Å². The molecule has 0 saturated carbocycles. The van der Waals surface area contributed by atoms with Crippen molar-refractivity contribution in [3.8, 4) is 5.75 Å². The number of phenolic OH excluding ortho intramolecular Hbond substituents is 1. The van der Waals surface area contributed by atoms with E-state index in [0.29, 0.717) is 12.1 Å². The van der Waals surface area contributed by atoms with Crippen LogP contribution in [0, 0.1) is 6.92 Å². The highest BCUT2D eigenvalue weighted by Crippen LogP contribution is 2.19. The number of aliphatic hydroxyl groups is 1. The van der Waals surface area contributed by atoms with Gasteiger partial charge in [-0.25, -0.2) is 0 Å². The minimum atomic E-state index is -0.166. The molecule has 18 heavy (non-hydrogen) atoms. The molecular weight excluding hydrogens is 230 g/mol. The zero-order valence-electron chi connectivity index (χ0n) is 11.0. The number of carbonyl (C=O) groups excluding carboxylic acids is 1. The number of unbranched alkanes of at least 4 members (excludes halogenated alkanes) is 2. The summed E-state index contributed by atoms with van der Waals surface area (Å²) in [6, 6.07) is 5.01. The monoisotopic (exact) mass is 251 g/mol. The van der Waals surface area contributed by atoms with Crippen molar-refractivity contribution in [2.75, 3.05) is 20.2 Å². The summed E-state index contributed by atoms with van der Waals surface area (Å²) < 4.78 is 0. The lowest BCUT2D eigenvalue weighted by molar-refractivity contribution is 0.0789. The Kier molecular flexibility index (Phi) is 5.65. The van der Waals surface area contributed by atoms with Gasteiger partial charge < -0.3 is 15.1 Å². The molecule has 0 aliphatic carbocycles. The van der Waals surface area contributed by atoms with E-state index in [4.69, 9.17) is 5.11 Å². The van der Waals surface area contributed by atoms with Crippen molar-refractivity contribution in [1.29, 1.82) is 0 Å². The predicted octanol–water partition coefficient (Wildman–Crippen LogP) is 1.94. The average Bonchev–Trinajstić information content (AvgIpc) is 2.36. The molecule has 0 atom stereocenters. The molecule has 1 aromatic rings. The first-order valence-corrected chi connectivity index (χ1v) is 6.22. The molecule has 0 aliphatic rings. The second-order valence-corrected chi connectivity index (χ2v) is 4.53. The van der Waals surface area contributed by atoms with E-state index in [1.54, 1.807) is 30.1 Å². The molecule has 0 heterocycles. The fourth-order valence-electron chi connectivity index (χ4n) is 1.77. The molecule has 0 aromatic heterocycles. The minimum absolute atomic E-state index is 0.0211. The number of aromatic hydroxyl groups is 1. The zero-order chi connectivity index (χ0) is 13.5. The first-order valence-electron chi connectivity index (χ1n) is 6.22. The van der Waals surface area contributed by atoms with Crippen LogP contribution in [0.15, 0.2) is 18.2 Å². The Morgan fingerprint density at radius 1 is 1.28 bits per heavy atom. The SMILES string of the molecule is Cc1ccc(O)c(C(=O)N(C)CCCCCO)c1. The maximum Gasteiger partial charge on any atom is 0.257 e. The van der Waals surface area contributed by atoms with Crippen LogP contribution in [-0.2, 0) is 0 Å². The summed E-state index contributed by atoms with van der Waals surface area (Å²) in [5.74, 6) is -0.145. The maximum absolute atomic E-state index is 12.1. The Bertz CT molecular complexity index is 404. The molecule has 1 amide bonds. The normalized spacial score (nSPS) is 10.4. The van der Waals surface area contributed by atoms with Gasteiger partial charge in [-0.2, -0.15) is 0 Å². The summed E-state index contributed by atoms with van der Waals surface area (Å²) in [5, 5.41) is 18.4. The van der Waals surface area contributed by atoms with E-state index in [1.807, 2.05) is 6.92 Å². The first kappa shape index (κ1) is 14.5. The number of rotatable bonds is 6. The van der Waals surface area contributed by atoms with Gasteiger partial charge in [-0.3, -0.25) is 4.79 Å². The van der Waals surface area contributed by atoms with E-state index in [-0.39, 0.29) is 18.3 Å². The summed E-state index contributed by atoms with van der Waals surface area (Å²) in [7, 11) is 1.73. The quantitative estimate of drug-likeness (QED) is 0.759. The van der Waals surface area contributed by atoms with Gasteiger partial charge in [0.15, 0.2) is 0 Å². The molecule has 0 saturated heterocycles. The third kappa shape index (κ3) is 4.04. The van der Waals surface area contributed by atoms with E-state index in [9.17, 15) is 9.90 Å². The molecule has 1 rings (SSSR count). The lowest BCUT2D eigenvalue weighted by atomic mass is 10.1. The van der Waals surface area contributed by atoms with Crippen LogP contribution >= 0.6 is 0 Å². The largest absolute Gasteiger partial charge is 0.507 e. The number of aliphatic hydroxyl groups excluding tert-OH is 1. The Hall–Kier alpha value is -1.55. The Balaban J connectivity index is 2.60. The standard InChI is InChI=1S/C14H21NO3/c1-11-6-7-13(17)12(10-11)14(18)15(2)8-4-3-5-9-16/h6-7,10,16-17H,3-5,8-9H2,1-2H3. The Labute approximate surface area is 108 Å². The molecule has 0 spiro atoms. The number of nitrogens with zero attached hydrogens (tertiary/aromatic N) is 1. The van der Waals surface area contributed by atoms with Crippen LogP contribution in [0.2, 0.25) is 0 Å². The van der Waals surface area contributed by atoms with Crippen molar-refractivity contribution in [3.63, 3.8) is 0 Å². The highest BCUT2D eigenvalue weighted by molar-refractivity contribution is 5.96. The van der Waals surface area contributed by atoms with Crippen molar-refractivity contribution in [2.24, 2.45) is 0 Å². The van der Waals surface area contributed by atoms with Crippen LogP contribution in [0.25, 0.3) is 0 Å². The second kappa shape index (κ2) is 7.01. The van der Waals surface area contributed by atoms with Gasteiger partial charge in [0.2, 0.25) is 0 Å². The van der Waals surface area contributed by atoms with Gasteiger partial charge >= 0.3 is 0 Å². The van der Waals surface area contributed by atoms with Crippen molar-refractivity contribution >= 4 is 5.91 Å². The van der Waals surface area contributed by atoms with Crippen LogP contribution in [0.5, 0.6) is 5.75 Å². The fourth-order valence-corrected chi connectivity index (χ4v) is 1.77. The zero-order valence-corrected chi connectivity index (χ0v) is 11.0. The van der Waals surface area contributed by atoms with Crippen LogP contribution < -0.4 is 0 Å². The van der Waals surface area contributed by atoms with Crippen LogP contribution in [0.4, 0.5) is 0 Å². The molecule has 100 valence electrons. The number of aryl methyl sites for hydroxylation is 1. The van der Waals surface area contributed by atoms with Crippen molar-refractivity contribution in [1.82, 2.24) is 4.90 Å². The molecular formula is C14H21NO3. The van der Waals surface area contributed by atoms with E-state index in [0.717, 1.165) is 24.8 Å². The molecule has 4 heteroatoms. The molecule has 2 N–H and O–H groups in total. The topological polar surface area (TPSA) is 60.8 Å². The van der Waals surface area contributed by atoms with Gasteiger partial charge in [0, 0.05) is 20.2 Å². The van der Waals surface area contributed by atoms with Crippen molar-refractivity contribution in [2.45, 2.75) is 26.2 Å². The summed E-state index contributed by atoms with van der Waals surface area (Å²) in [4.78, 5) is 13.7. The molecule has 0 fully saturated rings. The fraction of sp³-hybridized carbons (Fsp3) is 0.500. The summed E-state index contributed by atoms with van der Waals surface area (Å²) >= 11 is 0. The van der Waals surface area contributed by atoms with E-state index in [1.165, 1.54) is 0 Å². The Morgan fingerprint density at radius 3 is 2.67 bits per heavy atom. The van der Waals surface area contributed by atoms with Crippen molar-refractivity contribution < 1.29 is 15.0 Å². The second-order valence-electron chi connectivity index (χ2n) is 4.53. The number of carbonyl (C=O) groups is 1. The molecule has 0 unspecified atom stereocenters. The first-order chi connectivity index (χ1) is 8.56. The van der Waals surface area contributed by atoms with Crippen molar-refractivity contribution in [3.05, 3.63) is 29.3 Å². The summed E-state index contributed by atoms with van der Waals surface area (Å²) in [6.07, 6.45) is 2.51. The third-order valence-corrected chi connectivity index (χ3v) is 2.88. The lowest BCUT2D eigenvalue weighted by Crippen LogP contribution is -2.27. The van der Waals surface area contributed by atoms with E-state index >= 15 is 0 Å². The lowest BCUT2D eigenvalue weighted by Gasteiger charge is -2.18. The number of amides is 1. The number of hydrogen-bond acceptors (Lipinski definition) is 3. The van der Waals surface area contributed by atoms with Gasteiger partial charge in [0.05, 0.1) is 5.56 Å². The molecule has 4 nitrogen and oxygen atoms in total. The predicted molar refractivity (Wildman–Crippen MR) is 70.7 cm³/mol. The number of hydrogen-bond donors (Lipinski definition) is 2. The van der Waals surface area contributed by atoms with Gasteiger partial charge in [0.1, 0.15) is 5.75 Å². The maximum atomic E-state index is 12.1. The third-order valence-electron chi connectivity index (χ3n) is 2.88. The van der Waals surface area contributed by atoms with Gasteiger partial charge in [-0.05, 0) is 38.3 Å². The van der Waals surface area contributed by atoms with Crippen LogP contribution in [0.1, 0.15) is 35.2 Å². The summed E-state index contributed by atoms with van der Waals surface area (Å²) in [5.41, 5.74) is 1.30. The molecule has 0 radical (unpaired) electrons. The smallest absolute Gasteiger partial charge is 0.257 e. The highest BCUT2D eigenvalue weighted by atomic mass is 16.3. The van der Waals surface area contributed by atoms with Gasteiger partial charge in [-0.1, -0.05) is 11.6 Å². The van der Waals surface area contributed by atoms with E-state index < -0.39 is 0 Å².